The minimum absolute atomic E-state index is 0.0905. The molecule has 0 bridgehead atoms. The number of halogens is 3. The van der Waals surface area contributed by atoms with Gasteiger partial charge in [-0.25, -0.2) is 4.98 Å². The van der Waals surface area contributed by atoms with E-state index >= 15 is 0 Å². The summed E-state index contributed by atoms with van der Waals surface area (Å²) in [6.45, 7) is 1.19. The van der Waals surface area contributed by atoms with Gasteiger partial charge in [0.2, 0.25) is 0 Å². The zero-order chi connectivity index (χ0) is 16.9. The van der Waals surface area contributed by atoms with Gasteiger partial charge in [0.15, 0.2) is 0 Å². The fraction of sp³-hybridized carbons (Fsp3) is 0.500. The van der Waals surface area contributed by atoms with Crippen molar-refractivity contribution in [2.24, 2.45) is 0 Å². The molecule has 2 aliphatic heterocycles. The van der Waals surface area contributed by atoms with Gasteiger partial charge in [-0.2, -0.15) is 13.2 Å². The molecule has 5 nitrogen and oxygen atoms in total. The number of allylic oxidation sites excluding steroid dienone is 2. The number of carbonyl (C=O) groups is 1. The van der Waals surface area contributed by atoms with Gasteiger partial charge in [-0.05, 0) is 18.9 Å². The molecule has 128 valence electrons. The van der Waals surface area contributed by atoms with Crippen molar-refractivity contribution in [3.05, 3.63) is 41.5 Å². The maximum atomic E-state index is 13.1. The molecule has 1 saturated heterocycles. The first-order chi connectivity index (χ1) is 11.4. The van der Waals surface area contributed by atoms with E-state index < -0.39 is 23.8 Å². The number of fused-ring (bicyclic) bond motifs is 3. The van der Waals surface area contributed by atoms with Crippen molar-refractivity contribution in [3.8, 4) is 0 Å². The summed E-state index contributed by atoms with van der Waals surface area (Å²) in [5, 5.41) is 2.74. The molecule has 0 aromatic carbocycles. The molecule has 8 heteroatoms. The standard InChI is InChI=1S/C16H16F3N3O2/c17-16(18,19)10-1-2-11-12(7-10)22-13(15(23)21-11)8-20-14(22)9-3-5-24-6-4-9/h1-2,7-9,11-12H,3-6H2,(H,21,23). The Labute approximate surface area is 136 Å². The average molecular weight is 339 g/mol. The Balaban J connectivity index is 1.78. The average Bonchev–Trinajstić information content (AvgIpc) is 3.00. The van der Waals surface area contributed by atoms with Crippen molar-refractivity contribution in [1.29, 1.82) is 0 Å². The van der Waals surface area contributed by atoms with Crippen LogP contribution in [-0.4, -0.2) is 40.9 Å². The number of carbonyl (C=O) groups excluding carboxylic acids is 1. The molecular weight excluding hydrogens is 323 g/mol. The quantitative estimate of drug-likeness (QED) is 0.855. The zero-order valence-electron chi connectivity index (χ0n) is 12.7. The Bertz CT molecular complexity index is 729. The molecule has 0 saturated carbocycles. The van der Waals surface area contributed by atoms with E-state index in [9.17, 15) is 18.0 Å². The molecule has 0 radical (unpaired) electrons. The molecule has 1 amide bonds. The summed E-state index contributed by atoms with van der Waals surface area (Å²) in [4.78, 5) is 16.6. The number of ether oxygens (including phenoxy) is 1. The number of aromatic nitrogens is 2. The van der Waals surface area contributed by atoms with Gasteiger partial charge in [0, 0.05) is 19.1 Å². The van der Waals surface area contributed by atoms with Crippen LogP contribution in [0.15, 0.2) is 30.0 Å². The molecule has 1 fully saturated rings. The first-order valence-corrected chi connectivity index (χ1v) is 7.88. The summed E-state index contributed by atoms with van der Waals surface area (Å²) < 4.78 is 46.3. The molecule has 1 aromatic rings. The van der Waals surface area contributed by atoms with Gasteiger partial charge >= 0.3 is 6.18 Å². The topological polar surface area (TPSA) is 56.2 Å². The molecule has 2 unspecified atom stereocenters. The van der Waals surface area contributed by atoms with Crippen LogP contribution in [0.1, 0.15) is 41.1 Å². The summed E-state index contributed by atoms with van der Waals surface area (Å²) in [5.74, 6) is 0.453. The lowest BCUT2D eigenvalue weighted by Crippen LogP contribution is -2.47. The van der Waals surface area contributed by atoms with E-state index in [2.05, 4.69) is 10.3 Å². The van der Waals surface area contributed by atoms with Crippen LogP contribution in [0.25, 0.3) is 0 Å². The summed E-state index contributed by atoms with van der Waals surface area (Å²) in [6.07, 6.45) is 2.15. The Morgan fingerprint density at radius 1 is 1.29 bits per heavy atom. The number of hydrogen-bond acceptors (Lipinski definition) is 3. The second kappa shape index (κ2) is 5.47. The first-order valence-electron chi connectivity index (χ1n) is 7.88. The van der Waals surface area contributed by atoms with Gasteiger partial charge in [-0.1, -0.05) is 12.2 Å². The van der Waals surface area contributed by atoms with Crippen molar-refractivity contribution in [2.75, 3.05) is 13.2 Å². The number of alkyl halides is 3. The third kappa shape index (κ3) is 2.45. The minimum atomic E-state index is -4.41. The van der Waals surface area contributed by atoms with Gasteiger partial charge in [0.25, 0.3) is 5.91 Å². The number of nitrogens with zero attached hydrogens (tertiary/aromatic N) is 2. The summed E-state index contributed by atoms with van der Waals surface area (Å²) in [6, 6.07) is -1.11. The van der Waals surface area contributed by atoms with Gasteiger partial charge < -0.3 is 14.6 Å². The van der Waals surface area contributed by atoms with Crippen LogP contribution in [-0.2, 0) is 4.74 Å². The third-order valence-corrected chi connectivity index (χ3v) is 4.77. The highest BCUT2D eigenvalue weighted by atomic mass is 19.4. The molecule has 3 aliphatic rings. The van der Waals surface area contributed by atoms with Gasteiger partial charge in [-0.3, -0.25) is 4.79 Å². The van der Waals surface area contributed by atoms with Crippen LogP contribution < -0.4 is 5.32 Å². The van der Waals surface area contributed by atoms with Crippen LogP contribution in [0.5, 0.6) is 0 Å². The zero-order valence-corrected chi connectivity index (χ0v) is 12.7. The predicted molar refractivity (Wildman–Crippen MR) is 78.6 cm³/mol. The Hall–Kier alpha value is -2.09. The van der Waals surface area contributed by atoms with Crippen molar-refractivity contribution in [3.63, 3.8) is 0 Å². The predicted octanol–water partition coefficient (Wildman–Crippen LogP) is 2.49. The lowest BCUT2D eigenvalue weighted by Gasteiger charge is -2.36. The highest BCUT2D eigenvalue weighted by molar-refractivity contribution is 5.94. The van der Waals surface area contributed by atoms with E-state index in [4.69, 9.17) is 4.74 Å². The largest absolute Gasteiger partial charge is 0.416 e. The van der Waals surface area contributed by atoms with Gasteiger partial charge in [0.05, 0.1) is 23.9 Å². The lowest BCUT2D eigenvalue weighted by atomic mass is 9.93. The maximum absolute atomic E-state index is 13.1. The molecular formula is C16H16F3N3O2. The smallest absolute Gasteiger partial charge is 0.381 e. The Morgan fingerprint density at radius 2 is 2.04 bits per heavy atom. The number of hydrogen-bond donors (Lipinski definition) is 1. The van der Waals surface area contributed by atoms with Crippen molar-refractivity contribution in [1.82, 2.24) is 14.9 Å². The highest BCUT2D eigenvalue weighted by Crippen LogP contribution is 2.38. The van der Waals surface area contributed by atoms with E-state index in [1.54, 1.807) is 4.57 Å². The number of amides is 1. The van der Waals surface area contributed by atoms with Gasteiger partial charge in [0.1, 0.15) is 11.5 Å². The van der Waals surface area contributed by atoms with E-state index in [0.29, 0.717) is 24.7 Å². The maximum Gasteiger partial charge on any atom is 0.416 e. The second-order valence-electron chi connectivity index (χ2n) is 6.23. The monoisotopic (exact) mass is 339 g/mol. The minimum Gasteiger partial charge on any atom is -0.381 e. The second-order valence-corrected chi connectivity index (χ2v) is 6.23. The van der Waals surface area contributed by atoms with E-state index in [-0.39, 0.29) is 11.8 Å². The van der Waals surface area contributed by atoms with E-state index in [0.717, 1.165) is 18.9 Å². The molecule has 1 N–H and O–H groups in total. The number of nitrogens with one attached hydrogen (secondary N) is 1. The third-order valence-electron chi connectivity index (χ3n) is 4.77. The summed E-state index contributed by atoms with van der Waals surface area (Å²) in [5.41, 5.74) is -0.386. The molecule has 2 atom stereocenters. The van der Waals surface area contributed by atoms with Gasteiger partial charge in [-0.15, -0.1) is 0 Å². The van der Waals surface area contributed by atoms with Crippen molar-refractivity contribution < 1.29 is 22.7 Å². The fourth-order valence-corrected chi connectivity index (χ4v) is 3.56. The molecule has 3 heterocycles. The molecule has 0 spiro atoms. The molecule has 4 rings (SSSR count). The Kier molecular flexibility index (Phi) is 3.52. The van der Waals surface area contributed by atoms with Crippen LogP contribution in [0.3, 0.4) is 0 Å². The highest BCUT2D eigenvalue weighted by Gasteiger charge is 2.41. The fourth-order valence-electron chi connectivity index (χ4n) is 3.56. The van der Waals surface area contributed by atoms with Crippen LogP contribution in [0.2, 0.25) is 0 Å². The molecule has 1 aliphatic carbocycles. The van der Waals surface area contributed by atoms with E-state index in [1.807, 2.05) is 0 Å². The number of imidazole rings is 1. The van der Waals surface area contributed by atoms with Crippen LogP contribution in [0, 0.1) is 0 Å². The normalized spacial score (nSPS) is 27.3. The van der Waals surface area contributed by atoms with E-state index in [1.165, 1.54) is 18.3 Å². The lowest BCUT2D eigenvalue weighted by molar-refractivity contribution is -0.0889. The van der Waals surface area contributed by atoms with Crippen molar-refractivity contribution in [2.45, 2.75) is 37.0 Å². The SMILES string of the molecule is O=C1NC2C=CC(C(F)(F)F)=CC2n2c1cnc2C1CCOCC1. The van der Waals surface area contributed by atoms with Crippen molar-refractivity contribution >= 4 is 5.91 Å². The summed E-state index contributed by atoms with van der Waals surface area (Å²) >= 11 is 0. The number of rotatable bonds is 1. The Morgan fingerprint density at radius 3 is 2.75 bits per heavy atom. The van der Waals surface area contributed by atoms with Crippen LogP contribution >= 0.6 is 0 Å². The molecule has 1 aromatic heterocycles. The molecule has 24 heavy (non-hydrogen) atoms. The summed E-state index contributed by atoms with van der Waals surface area (Å²) in [7, 11) is 0. The first kappa shape index (κ1) is 15.4. The van der Waals surface area contributed by atoms with Crippen LogP contribution in [0.4, 0.5) is 13.2 Å².